The van der Waals surface area contributed by atoms with Crippen LogP contribution in [-0.2, 0) is 9.53 Å². The van der Waals surface area contributed by atoms with Gasteiger partial charge in [0.1, 0.15) is 29.9 Å². The summed E-state index contributed by atoms with van der Waals surface area (Å²) in [5.41, 5.74) is -0.649. The summed E-state index contributed by atoms with van der Waals surface area (Å²) in [5, 5.41) is 37.3. The fourth-order valence-corrected chi connectivity index (χ4v) is 5.47. The summed E-state index contributed by atoms with van der Waals surface area (Å²) in [5.74, 6) is 1.07. The SMILES string of the molecule is CCC(CC)C1CCNC(C(=O)NC(C(C)C)C2OC(SC)C(O)C(O)C2O)C1. The molecule has 8 heteroatoms. The molecule has 0 aromatic heterocycles. The van der Waals surface area contributed by atoms with E-state index in [1.54, 1.807) is 6.26 Å². The third-order valence-electron chi connectivity index (χ3n) is 6.70. The van der Waals surface area contributed by atoms with E-state index in [0.29, 0.717) is 11.8 Å². The minimum Gasteiger partial charge on any atom is -0.388 e. The minimum atomic E-state index is -1.31. The van der Waals surface area contributed by atoms with E-state index in [0.717, 1.165) is 32.2 Å². The highest BCUT2D eigenvalue weighted by molar-refractivity contribution is 7.99. The van der Waals surface area contributed by atoms with E-state index in [9.17, 15) is 20.1 Å². The van der Waals surface area contributed by atoms with Crippen molar-refractivity contribution in [2.75, 3.05) is 12.8 Å². The van der Waals surface area contributed by atoms with Crippen LogP contribution in [0.15, 0.2) is 0 Å². The normalized spacial score (nSPS) is 37.0. The third-order valence-corrected chi connectivity index (χ3v) is 7.55. The molecule has 0 aromatic rings. The monoisotopic (exact) mass is 432 g/mol. The summed E-state index contributed by atoms with van der Waals surface area (Å²) in [4.78, 5) is 13.1. The Bertz CT molecular complexity index is 517. The van der Waals surface area contributed by atoms with Crippen molar-refractivity contribution in [1.82, 2.24) is 10.6 Å². The van der Waals surface area contributed by atoms with E-state index in [4.69, 9.17) is 4.74 Å². The van der Waals surface area contributed by atoms with Gasteiger partial charge in [-0.15, -0.1) is 11.8 Å². The van der Waals surface area contributed by atoms with Crippen LogP contribution in [0.1, 0.15) is 53.4 Å². The molecule has 0 aromatic carbocycles. The Labute approximate surface area is 179 Å². The van der Waals surface area contributed by atoms with Crippen molar-refractivity contribution in [2.45, 2.75) is 95.3 Å². The molecule has 5 N–H and O–H groups in total. The first-order chi connectivity index (χ1) is 13.7. The molecule has 0 bridgehead atoms. The quantitative estimate of drug-likeness (QED) is 0.391. The van der Waals surface area contributed by atoms with Gasteiger partial charge < -0.3 is 30.7 Å². The van der Waals surface area contributed by atoms with E-state index in [1.165, 1.54) is 11.8 Å². The van der Waals surface area contributed by atoms with Crippen molar-refractivity contribution >= 4 is 17.7 Å². The maximum absolute atomic E-state index is 13.1. The van der Waals surface area contributed by atoms with Crippen molar-refractivity contribution in [3.8, 4) is 0 Å². The molecule has 170 valence electrons. The molecule has 0 radical (unpaired) electrons. The molecule has 2 rings (SSSR count). The molecular weight excluding hydrogens is 392 g/mol. The summed E-state index contributed by atoms with van der Waals surface area (Å²) in [6.07, 6.45) is 1.41. The summed E-state index contributed by atoms with van der Waals surface area (Å²) >= 11 is 1.28. The number of aliphatic hydroxyl groups is 3. The highest BCUT2D eigenvalue weighted by Gasteiger charge is 2.47. The van der Waals surface area contributed by atoms with E-state index in [1.807, 2.05) is 13.8 Å². The fourth-order valence-electron chi connectivity index (χ4n) is 4.79. The number of thioether (sulfide) groups is 1. The molecule has 29 heavy (non-hydrogen) atoms. The highest BCUT2D eigenvalue weighted by Crippen LogP contribution is 2.32. The topological polar surface area (TPSA) is 111 Å². The first kappa shape index (κ1) is 24.9. The van der Waals surface area contributed by atoms with Crippen LogP contribution in [-0.4, -0.2) is 76.0 Å². The molecule has 1 amide bonds. The van der Waals surface area contributed by atoms with Crippen LogP contribution in [0.4, 0.5) is 0 Å². The standard InChI is InChI=1S/C21H40N2O5S/c1-6-12(7-2)13-8-9-22-14(10-13)20(27)23-15(11(3)4)19-17(25)16(24)18(26)21(28-19)29-5/h11-19,21-22,24-26H,6-10H2,1-5H3,(H,23,27). The fraction of sp³-hybridized carbons (Fsp3) is 0.952. The van der Waals surface area contributed by atoms with Crippen LogP contribution >= 0.6 is 11.8 Å². The van der Waals surface area contributed by atoms with Crippen LogP contribution in [0, 0.1) is 17.8 Å². The van der Waals surface area contributed by atoms with E-state index in [2.05, 4.69) is 24.5 Å². The lowest BCUT2D eigenvalue weighted by Crippen LogP contribution is -2.65. The number of amides is 1. The Kier molecular flexibility index (Phi) is 9.70. The number of hydrogen-bond acceptors (Lipinski definition) is 7. The Morgan fingerprint density at radius 1 is 1.17 bits per heavy atom. The van der Waals surface area contributed by atoms with Gasteiger partial charge in [0.15, 0.2) is 0 Å². The molecule has 0 spiro atoms. The Balaban J connectivity index is 2.08. The van der Waals surface area contributed by atoms with Gasteiger partial charge in [0, 0.05) is 0 Å². The predicted octanol–water partition coefficient (Wildman–Crippen LogP) is 1.10. The van der Waals surface area contributed by atoms with Crippen molar-refractivity contribution in [3.05, 3.63) is 0 Å². The second-order valence-corrected chi connectivity index (χ2v) is 9.76. The molecular formula is C21H40N2O5S. The number of carbonyl (C=O) groups is 1. The smallest absolute Gasteiger partial charge is 0.237 e. The lowest BCUT2D eigenvalue weighted by atomic mass is 9.79. The summed E-state index contributed by atoms with van der Waals surface area (Å²) in [6, 6.07) is -0.729. The highest BCUT2D eigenvalue weighted by atomic mass is 32.2. The second-order valence-electron chi connectivity index (χ2n) is 8.82. The van der Waals surface area contributed by atoms with Crippen LogP contribution in [0.2, 0.25) is 0 Å². The lowest BCUT2D eigenvalue weighted by molar-refractivity contribution is -0.208. The van der Waals surface area contributed by atoms with E-state index in [-0.39, 0.29) is 17.9 Å². The third kappa shape index (κ3) is 5.86. The lowest BCUT2D eigenvalue weighted by Gasteiger charge is -2.44. The number of aliphatic hydroxyl groups excluding tert-OH is 3. The molecule has 8 atom stereocenters. The summed E-state index contributed by atoms with van der Waals surface area (Å²) in [6.45, 7) is 9.16. The summed E-state index contributed by atoms with van der Waals surface area (Å²) in [7, 11) is 0. The molecule has 2 aliphatic rings. The second kappa shape index (κ2) is 11.3. The molecule has 2 heterocycles. The zero-order valence-electron chi connectivity index (χ0n) is 18.4. The van der Waals surface area contributed by atoms with Gasteiger partial charge >= 0.3 is 0 Å². The van der Waals surface area contributed by atoms with Gasteiger partial charge in [0.25, 0.3) is 0 Å². The number of nitrogens with one attached hydrogen (secondary N) is 2. The van der Waals surface area contributed by atoms with Crippen LogP contribution in [0.5, 0.6) is 0 Å². The van der Waals surface area contributed by atoms with Gasteiger partial charge in [0.2, 0.25) is 5.91 Å². The summed E-state index contributed by atoms with van der Waals surface area (Å²) < 4.78 is 5.90. The molecule has 2 saturated heterocycles. The Hall–Kier alpha value is -0.380. The van der Waals surface area contributed by atoms with E-state index >= 15 is 0 Å². The van der Waals surface area contributed by atoms with Crippen molar-refractivity contribution in [1.29, 1.82) is 0 Å². The maximum atomic E-state index is 13.1. The van der Waals surface area contributed by atoms with Gasteiger partial charge in [-0.05, 0) is 43.4 Å². The first-order valence-electron chi connectivity index (χ1n) is 11.0. The molecule has 8 unspecified atom stereocenters. The molecule has 0 aliphatic carbocycles. The Morgan fingerprint density at radius 2 is 1.83 bits per heavy atom. The zero-order valence-corrected chi connectivity index (χ0v) is 19.2. The van der Waals surface area contributed by atoms with Gasteiger partial charge in [-0.3, -0.25) is 4.79 Å². The van der Waals surface area contributed by atoms with Crippen molar-refractivity contribution in [2.24, 2.45) is 17.8 Å². The zero-order chi connectivity index (χ0) is 21.7. The van der Waals surface area contributed by atoms with Gasteiger partial charge in [-0.1, -0.05) is 40.5 Å². The minimum absolute atomic E-state index is 0.0121. The van der Waals surface area contributed by atoms with Gasteiger partial charge in [-0.25, -0.2) is 0 Å². The van der Waals surface area contributed by atoms with Crippen LogP contribution < -0.4 is 10.6 Å². The number of hydrogen-bond donors (Lipinski definition) is 5. The van der Waals surface area contributed by atoms with Crippen molar-refractivity contribution < 1.29 is 24.9 Å². The molecule has 7 nitrogen and oxygen atoms in total. The number of rotatable bonds is 8. The number of carbonyl (C=O) groups excluding carboxylic acids is 1. The number of piperidine rings is 1. The predicted molar refractivity (Wildman–Crippen MR) is 116 cm³/mol. The Morgan fingerprint density at radius 3 is 2.38 bits per heavy atom. The van der Waals surface area contributed by atoms with Gasteiger partial charge in [0.05, 0.1) is 12.1 Å². The molecule has 2 aliphatic heterocycles. The molecule has 2 fully saturated rings. The van der Waals surface area contributed by atoms with E-state index < -0.39 is 35.9 Å². The molecule has 0 saturated carbocycles. The average Bonchev–Trinajstić information content (AvgIpc) is 2.72. The van der Waals surface area contributed by atoms with Gasteiger partial charge in [-0.2, -0.15) is 0 Å². The maximum Gasteiger partial charge on any atom is 0.237 e. The van der Waals surface area contributed by atoms with Crippen LogP contribution in [0.3, 0.4) is 0 Å². The van der Waals surface area contributed by atoms with Crippen molar-refractivity contribution in [3.63, 3.8) is 0 Å². The van der Waals surface area contributed by atoms with Crippen LogP contribution in [0.25, 0.3) is 0 Å². The largest absolute Gasteiger partial charge is 0.388 e. The number of ether oxygens (including phenoxy) is 1. The first-order valence-corrected chi connectivity index (χ1v) is 12.3. The average molecular weight is 433 g/mol.